The number of carbonyl (C=O) groups excluding carboxylic acids is 1. The first kappa shape index (κ1) is 32.6. The van der Waals surface area contributed by atoms with E-state index in [0.717, 1.165) is 35.8 Å². The number of ketones is 1. The van der Waals surface area contributed by atoms with E-state index in [1.165, 1.54) is 0 Å². The molecule has 0 unspecified atom stereocenters. The van der Waals surface area contributed by atoms with Crippen LogP contribution in [0.15, 0.2) is 60.8 Å². The number of aromatic nitrogens is 2. The van der Waals surface area contributed by atoms with E-state index in [0.29, 0.717) is 48.0 Å². The molecule has 2 aromatic heterocycles. The van der Waals surface area contributed by atoms with Crippen molar-refractivity contribution in [3.05, 3.63) is 88.6 Å². The van der Waals surface area contributed by atoms with E-state index in [2.05, 4.69) is 54.6 Å². The van der Waals surface area contributed by atoms with Crippen LogP contribution in [-0.2, 0) is 12.8 Å². The number of nitrogens with zero attached hydrogens (tertiary/aromatic N) is 4. The Bertz CT molecular complexity index is 1570. The van der Waals surface area contributed by atoms with Crippen molar-refractivity contribution in [2.24, 2.45) is 5.41 Å². The molecule has 0 amide bonds. The second-order valence-corrected chi connectivity index (χ2v) is 12.8. The third kappa shape index (κ3) is 7.63. The first-order valence-corrected chi connectivity index (χ1v) is 15.1. The quantitative estimate of drug-likeness (QED) is 0.176. The van der Waals surface area contributed by atoms with Crippen LogP contribution in [0, 0.1) is 11.2 Å². The second kappa shape index (κ2) is 13.6. The van der Waals surface area contributed by atoms with E-state index in [4.69, 9.17) is 16.3 Å². The Morgan fingerprint density at radius 1 is 1.09 bits per heavy atom. The molecule has 0 bridgehead atoms. The number of fused-ring (bicyclic) bond motifs is 1. The number of halogens is 3. The Kier molecular flexibility index (Phi) is 10.3. The molecule has 9 heteroatoms. The lowest BCUT2D eigenvalue weighted by atomic mass is 9.99. The predicted molar refractivity (Wildman–Crippen MR) is 176 cm³/mol. The molecule has 230 valence electrons. The van der Waals surface area contributed by atoms with E-state index in [1.54, 1.807) is 22.7 Å². The van der Waals surface area contributed by atoms with Crippen LogP contribution in [0.4, 0.5) is 15.8 Å². The third-order valence-corrected chi connectivity index (χ3v) is 7.94. The summed E-state index contributed by atoms with van der Waals surface area (Å²) in [5.41, 5.74) is 4.67. The fraction of sp³-hybridized carbons (Fsp3) is 0.412. The summed E-state index contributed by atoms with van der Waals surface area (Å²) in [6, 6.07) is 17.4. The van der Waals surface area contributed by atoms with E-state index in [1.807, 2.05) is 37.3 Å². The molecule has 1 atom stereocenters. The van der Waals surface area contributed by atoms with Gasteiger partial charge in [-0.3, -0.25) is 9.20 Å². The van der Waals surface area contributed by atoms with E-state index < -0.39 is 0 Å². The average Bonchev–Trinajstić information content (AvgIpc) is 3.32. The molecule has 2 aromatic carbocycles. The van der Waals surface area contributed by atoms with Crippen molar-refractivity contribution in [3.8, 4) is 5.75 Å². The first-order valence-electron chi connectivity index (χ1n) is 14.7. The zero-order valence-corrected chi connectivity index (χ0v) is 27.1. The maximum atomic E-state index is 15.4. The highest BCUT2D eigenvalue weighted by Gasteiger charge is 2.26. The van der Waals surface area contributed by atoms with Crippen LogP contribution in [0.3, 0.4) is 0 Å². The van der Waals surface area contributed by atoms with E-state index in [-0.39, 0.29) is 41.9 Å². The van der Waals surface area contributed by atoms with Crippen LogP contribution in [0.5, 0.6) is 5.75 Å². The highest BCUT2D eigenvalue weighted by Crippen LogP contribution is 2.29. The van der Waals surface area contributed by atoms with Crippen molar-refractivity contribution < 1.29 is 13.9 Å². The predicted octanol–water partition coefficient (Wildman–Crippen LogP) is 8.07. The second-order valence-electron chi connectivity index (χ2n) is 12.4. The van der Waals surface area contributed by atoms with Gasteiger partial charge in [-0.1, -0.05) is 45.4 Å². The number of imidazole rings is 1. The Hall–Kier alpha value is -3.29. The van der Waals surface area contributed by atoms with Gasteiger partial charge in [0, 0.05) is 44.0 Å². The molecule has 0 radical (unpaired) electrons. The van der Waals surface area contributed by atoms with Gasteiger partial charge < -0.3 is 14.5 Å². The van der Waals surface area contributed by atoms with E-state index in [9.17, 15) is 4.79 Å². The van der Waals surface area contributed by atoms with Crippen molar-refractivity contribution in [1.82, 2.24) is 9.38 Å². The fourth-order valence-electron chi connectivity index (χ4n) is 5.54. The van der Waals surface area contributed by atoms with Crippen molar-refractivity contribution in [2.45, 2.75) is 59.9 Å². The van der Waals surface area contributed by atoms with Gasteiger partial charge in [0.2, 0.25) is 0 Å². The summed E-state index contributed by atoms with van der Waals surface area (Å²) >= 11 is 6.18. The van der Waals surface area contributed by atoms with Gasteiger partial charge in [0.15, 0.2) is 5.78 Å². The summed E-state index contributed by atoms with van der Waals surface area (Å²) in [5, 5.41) is 0.545. The summed E-state index contributed by atoms with van der Waals surface area (Å²) in [6.45, 7) is 13.5. The summed E-state index contributed by atoms with van der Waals surface area (Å²) in [4.78, 5) is 22.3. The van der Waals surface area contributed by atoms with Gasteiger partial charge in [0.1, 0.15) is 22.9 Å². The molecule has 4 aromatic rings. The minimum Gasteiger partial charge on any atom is -0.493 e. The van der Waals surface area contributed by atoms with Gasteiger partial charge in [0.05, 0.1) is 23.0 Å². The molecule has 0 N–H and O–H groups in total. The molecule has 0 spiro atoms. The smallest absolute Gasteiger partial charge is 0.181 e. The third-order valence-electron chi connectivity index (χ3n) is 7.71. The van der Waals surface area contributed by atoms with Crippen molar-refractivity contribution in [1.29, 1.82) is 0 Å². The Balaban J connectivity index is 0.00000423. The first-order chi connectivity index (χ1) is 20.0. The van der Waals surface area contributed by atoms with Crippen molar-refractivity contribution >= 4 is 46.8 Å². The number of Topliss-reactive ketones (excluding diaryl/α,β-unsaturated/α-hetero) is 1. The number of hydrogen-bond acceptors (Lipinski definition) is 5. The molecule has 0 saturated carbocycles. The summed E-state index contributed by atoms with van der Waals surface area (Å²) in [5.74, 6) is 0.596. The molecule has 1 fully saturated rings. The summed E-state index contributed by atoms with van der Waals surface area (Å²) in [7, 11) is 0. The lowest BCUT2D eigenvalue weighted by Gasteiger charge is -2.42. The van der Waals surface area contributed by atoms with E-state index >= 15 is 4.39 Å². The topological polar surface area (TPSA) is 50.1 Å². The molecule has 1 aliphatic heterocycles. The minimum atomic E-state index is -0.253. The number of anilines is 2. The largest absolute Gasteiger partial charge is 0.493 e. The number of carbonyl (C=O) groups is 1. The standard InChI is InChI=1S/C34H40ClFN4O2.ClH/c1-6-29-33(40-21-25(35)9-16-32(40)37-29)31(41)15-8-24-7-14-30(28(36)19-24)38-17-18-39(23(2)20-38)26-10-12-27(13-11-26)42-22-34(3,4)5;/h7,9-14,16,19,21,23H,6,8,15,17-18,20,22H2,1-5H3;1H/t23-;/m0./s1. The number of benzene rings is 2. The van der Waals surface area contributed by atoms with Gasteiger partial charge >= 0.3 is 0 Å². The number of piperazine rings is 1. The maximum Gasteiger partial charge on any atom is 0.181 e. The number of aryl methyl sites for hydroxylation is 2. The maximum absolute atomic E-state index is 15.4. The number of pyridine rings is 1. The van der Waals surface area contributed by atoms with Crippen LogP contribution >= 0.6 is 24.0 Å². The van der Waals surface area contributed by atoms with Gasteiger partial charge in [-0.15, -0.1) is 12.4 Å². The van der Waals surface area contributed by atoms with Crippen molar-refractivity contribution in [3.63, 3.8) is 0 Å². The van der Waals surface area contributed by atoms with Gasteiger partial charge in [0.25, 0.3) is 0 Å². The Labute approximate surface area is 265 Å². The summed E-state index contributed by atoms with van der Waals surface area (Å²) in [6.07, 6.45) is 3.09. The van der Waals surface area contributed by atoms with Gasteiger partial charge in [-0.05, 0) is 79.3 Å². The highest BCUT2D eigenvalue weighted by molar-refractivity contribution is 6.30. The Morgan fingerprint density at radius 2 is 1.84 bits per heavy atom. The lowest BCUT2D eigenvalue weighted by molar-refractivity contribution is 0.0976. The SMILES string of the molecule is CCc1nc2ccc(Cl)cn2c1C(=O)CCc1ccc(N2CCN(c3ccc(OCC(C)(C)C)cc3)[C@@H](C)C2)c(F)c1.Cl. The van der Waals surface area contributed by atoms with Crippen LogP contribution in [0.1, 0.15) is 62.8 Å². The number of hydrogen-bond donors (Lipinski definition) is 0. The molecule has 3 heterocycles. The lowest BCUT2D eigenvalue weighted by Crippen LogP contribution is -2.52. The molecule has 43 heavy (non-hydrogen) atoms. The van der Waals surface area contributed by atoms with Crippen LogP contribution in [0.2, 0.25) is 5.02 Å². The zero-order valence-electron chi connectivity index (χ0n) is 25.6. The average molecular weight is 628 g/mol. The van der Waals surface area contributed by atoms with Crippen molar-refractivity contribution in [2.75, 3.05) is 36.0 Å². The van der Waals surface area contributed by atoms with Gasteiger partial charge in [-0.2, -0.15) is 0 Å². The van der Waals surface area contributed by atoms with Gasteiger partial charge in [-0.25, -0.2) is 9.37 Å². The normalized spacial score (nSPS) is 15.5. The van der Waals surface area contributed by atoms with Crippen LogP contribution in [0.25, 0.3) is 5.65 Å². The fourth-order valence-corrected chi connectivity index (χ4v) is 5.70. The number of rotatable bonds is 9. The molecule has 1 saturated heterocycles. The Morgan fingerprint density at radius 3 is 2.49 bits per heavy atom. The highest BCUT2D eigenvalue weighted by atomic mass is 35.5. The zero-order chi connectivity index (χ0) is 30.0. The molecular formula is C34H41Cl2FN4O2. The molecule has 0 aliphatic carbocycles. The minimum absolute atomic E-state index is 0. The molecule has 1 aliphatic rings. The summed E-state index contributed by atoms with van der Waals surface area (Å²) < 4.78 is 23.1. The molecule has 5 rings (SSSR count). The molecular weight excluding hydrogens is 586 g/mol. The molecule has 6 nitrogen and oxygen atoms in total. The monoisotopic (exact) mass is 626 g/mol. The van der Waals surface area contributed by atoms with Crippen LogP contribution in [-0.4, -0.2) is 47.5 Å². The number of ether oxygens (including phenoxy) is 1. The van der Waals surface area contributed by atoms with Crippen LogP contribution < -0.4 is 14.5 Å².